The lowest BCUT2D eigenvalue weighted by Gasteiger charge is -2.12. The van der Waals surface area contributed by atoms with E-state index in [0.29, 0.717) is 23.5 Å². The van der Waals surface area contributed by atoms with E-state index in [1.807, 2.05) is 6.92 Å². The Balaban J connectivity index is 2.45. The topological polar surface area (TPSA) is 71.8 Å². The van der Waals surface area contributed by atoms with Crippen LogP contribution in [0, 0.1) is 11.6 Å². The number of H-pyrrole nitrogens is 1. The Morgan fingerprint density at radius 2 is 1.95 bits per heavy atom. The number of aromatic nitrogens is 2. The summed E-state index contributed by atoms with van der Waals surface area (Å²) < 4.78 is 28.3. The molecule has 0 amide bonds. The molecule has 0 fully saturated rings. The van der Waals surface area contributed by atoms with Crippen LogP contribution in [0.4, 0.5) is 14.6 Å². The van der Waals surface area contributed by atoms with Crippen molar-refractivity contribution in [2.75, 3.05) is 5.73 Å². The van der Waals surface area contributed by atoms with Gasteiger partial charge in [0.15, 0.2) is 0 Å². The van der Waals surface area contributed by atoms with Crippen LogP contribution in [0.5, 0.6) is 0 Å². The molecule has 4 nitrogen and oxygen atoms in total. The molecule has 0 spiro atoms. The largest absolute Gasteiger partial charge is 0.384 e. The van der Waals surface area contributed by atoms with Gasteiger partial charge >= 0.3 is 0 Å². The maximum absolute atomic E-state index is 14.4. The van der Waals surface area contributed by atoms with Crippen LogP contribution in [0.25, 0.3) is 22.0 Å². The highest BCUT2D eigenvalue weighted by atomic mass is 19.1. The molecule has 2 heterocycles. The SMILES string of the molecule is CCc1nc(N)ccc1-c1c(F)cc(F)c2ccc(=O)[nH]c12. The number of aromatic amines is 1. The third-order valence-electron chi connectivity index (χ3n) is 3.52. The van der Waals surface area contributed by atoms with Gasteiger partial charge in [0.2, 0.25) is 5.56 Å². The molecule has 112 valence electrons. The fourth-order valence-corrected chi connectivity index (χ4v) is 2.53. The Morgan fingerprint density at radius 3 is 2.68 bits per heavy atom. The molecule has 0 saturated heterocycles. The molecule has 3 aromatic rings. The molecule has 0 unspecified atom stereocenters. The van der Waals surface area contributed by atoms with Gasteiger partial charge in [0.25, 0.3) is 0 Å². The van der Waals surface area contributed by atoms with Crippen LogP contribution in [0.3, 0.4) is 0 Å². The standard InChI is InChI=1S/C16H13F2N3O/c1-2-12-9(3-5-13(19)20-12)15-11(18)7-10(17)8-4-6-14(22)21-16(8)15/h3-7H,2H2,1H3,(H2,19,20)(H,21,22). The molecule has 22 heavy (non-hydrogen) atoms. The van der Waals surface area contributed by atoms with Gasteiger partial charge in [-0.3, -0.25) is 4.79 Å². The van der Waals surface area contributed by atoms with Crippen LogP contribution < -0.4 is 11.3 Å². The van der Waals surface area contributed by atoms with E-state index >= 15 is 0 Å². The molecule has 0 aliphatic heterocycles. The van der Waals surface area contributed by atoms with Crippen LogP contribution in [0.1, 0.15) is 12.6 Å². The maximum atomic E-state index is 14.4. The average molecular weight is 301 g/mol. The van der Waals surface area contributed by atoms with Crippen molar-refractivity contribution in [1.29, 1.82) is 0 Å². The first-order chi connectivity index (χ1) is 10.5. The maximum Gasteiger partial charge on any atom is 0.248 e. The smallest absolute Gasteiger partial charge is 0.248 e. The predicted octanol–water partition coefficient (Wildman–Crippen LogP) is 3.01. The number of benzene rings is 1. The summed E-state index contributed by atoms with van der Waals surface area (Å²) in [4.78, 5) is 18.3. The predicted molar refractivity (Wildman–Crippen MR) is 81.5 cm³/mol. The molecule has 0 aliphatic carbocycles. The van der Waals surface area contributed by atoms with E-state index in [2.05, 4.69) is 9.97 Å². The highest BCUT2D eigenvalue weighted by molar-refractivity contribution is 5.94. The quantitative estimate of drug-likeness (QED) is 0.764. The lowest BCUT2D eigenvalue weighted by atomic mass is 9.98. The van der Waals surface area contributed by atoms with Crippen LogP contribution in [0.2, 0.25) is 0 Å². The Morgan fingerprint density at radius 1 is 1.18 bits per heavy atom. The Kier molecular flexibility index (Phi) is 3.36. The second-order valence-corrected chi connectivity index (χ2v) is 4.91. The number of nitrogens with two attached hydrogens (primary N) is 1. The molecule has 0 saturated carbocycles. The van der Waals surface area contributed by atoms with E-state index in [0.717, 1.165) is 6.07 Å². The minimum Gasteiger partial charge on any atom is -0.384 e. The number of nitrogens with zero attached hydrogens (tertiary/aromatic N) is 1. The van der Waals surface area contributed by atoms with Crippen molar-refractivity contribution in [3.05, 3.63) is 58.0 Å². The summed E-state index contributed by atoms with van der Waals surface area (Å²) in [6.07, 6.45) is 0.524. The summed E-state index contributed by atoms with van der Waals surface area (Å²) in [5, 5.41) is 0.148. The summed E-state index contributed by atoms with van der Waals surface area (Å²) in [5.74, 6) is -1.16. The van der Waals surface area contributed by atoms with Crippen molar-refractivity contribution < 1.29 is 8.78 Å². The molecule has 6 heteroatoms. The monoisotopic (exact) mass is 301 g/mol. The van der Waals surface area contributed by atoms with Gasteiger partial charge in [-0.05, 0) is 24.6 Å². The first-order valence-corrected chi connectivity index (χ1v) is 6.78. The summed E-state index contributed by atoms with van der Waals surface area (Å²) in [6, 6.07) is 6.52. The lowest BCUT2D eigenvalue weighted by molar-refractivity contribution is 0.593. The fraction of sp³-hybridized carbons (Fsp3) is 0.125. The molecule has 1 aromatic carbocycles. The van der Waals surface area contributed by atoms with Crippen molar-refractivity contribution in [3.63, 3.8) is 0 Å². The summed E-state index contributed by atoms with van der Waals surface area (Å²) in [5.41, 5.74) is 6.53. The molecule has 3 rings (SSSR count). The van der Waals surface area contributed by atoms with Crippen molar-refractivity contribution in [3.8, 4) is 11.1 Å². The average Bonchev–Trinajstić information content (AvgIpc) is 2.48. The number of fused-ring (bicyclic) bond motifs is 1. The zero-order valence-electron chi connectivity index (χ0n) is 11.8. The zero-order chi connectivity index (χ0) is 15.9. The first-order valence-electron chi connectivity index (χ1n) is 6.78. The number of hydrogen-bond donors (Lipinski definition) is 2. The molecule has 0 radical (unpaired) electrons. The highest BCUT2D eigenvalue weighted by Gasteiger charge is 2.18. The summed E-state index contributed by atoms with van der Waals surface area (Å²) >= 11 is 0. The van der Waals surface area contributed by atoms with Gasteiger partial charge in [0.05, 0.1) is 11.2 Å². The van der Waals surface area contributed by atoms with Crippen LogP contribution in [-0.4, -0.2) is 9.97 Å². The number of rotatable bonds is 2. The van der Waals surface area contributed by atoms with Crippen molar-refractivity contribution in [1.82, 2.24) is 9.97 Å². The summed E-state index contributed by atoms with van der Waals surface area (Å²) in [7, 11) is 0. The van der Waals surface area contributed by atoms with Gasteiger partial charge in [-0.25, -0.2) is 13.8 Å². The number of anilines is 1. The molecule has 2 aromatic heterocycles. The number of hydrogen-bond acceptors (Lipinski definition) is 3. The van der Waals surface area contributed by atoms with Crippen molar-refractivity contribution >= 4 is 16.7 Å². The molecule has 0 bridgehead atoms. The van der Waals surface area contributed by atoms with Crippen LogP contribution in [0.15, 0.2) is 35.1 Å². The van der Waals surface area contributed by atoms with Crippen molar-refractivity contribution in [2.24, 2.45) is 0 Å². The van der Waals surface area contributed by atoms with Crippen LogP contribution >= 0.6 is 0 Å². The molecular weight excluding hydrogens is 288 g/mol. The minimum atomic E-state index is -0.756. The van der Waals surface area contributed by atoms with E-state index < -0.39 is 17.2 Å². The number of aryl methyl sites for hydroxylation is 1. The van der Waals surface area contributed by atoms with Gasteiger partial charge in [0.1, 0.15) is 17.5 Å². The second-order valence-electron chi connectivity index (χ2n) is 4.91. The highest BCUT2D eigenvalue weighted by Crippen LogP contribution is 2.33. The Labute approximate surface area is 124 Å². The molecular formula is C16H13F2N3O. The van der Waals surface area contributed by atoms with E-state index in [1.165, 1.54) is 12.1 Å². The first kappa shape index (κ1) is 14.2. The zero-order valence-corrected chi connectivity index (χ0v) is 11.8. The summed E-state index contributed by atoms with van der Waals surface area (Å²) in [6.45, 7) is 1.86. The van der Waals surface area contributed by atoms with Crippen molar-refractivity contribution in [2.45, 2.75) is 13.3 Å². The lowest BCUT2D eigenvalue weighted by Crippen LogP contribution is -2.06. The molecule has 0 atom stereocenters. The third-order valence-corrected chi connectivity index (χ3v) is 3.52. The second kappa shape index (κ2) is 5.22. The van der Waals surface area contributed by atoms with Gasteiger partial charge in [0, 0.05) is 28.6 Å². The van der Waals surface area contributed by atoms with E-state index in [9.17, 15) is 13.6 Å². The number of nitrogen functional groups attached to an aromatic ring is 1. The van der Waals surface area contributed by atoms with E-state index in [-0.39, 0.29) is 16.5 Å². The Hall–Kier alpha value is -2.76. The normalized spacial score (nSPS) is 11.0. The number of nitrogens with one attached hydrogen (secondary N) is 1. The van der Waals surface area contributed by atoms with Gasteiger partial charge < -0.3 is 10.7 Å². The van der Waals surface area contributed by atoms with Gasteiger partial charge in [-0.1, -0.05) is 6.92 Å². The number of halogens is 2. The third kappa shape index (κ3) is 2.22. The van der Waals surface area contributed by atoms with Gasteiger partial charge in [-0.15, -0.1) is 0 Å². The number of pyridine rings is 2. The fourth-order valence-electron chi connectivity index (χ4n) is 2.53. The molecule has 3 N–H and O–H groups in total. The van der Waals surface area contributed by atoms with Crippen LogP contribution in [-0.2, 0) is 6.42 Å². The molecule has 0 aliphatic rings. The minimum absolute atomic E-state index is 0.117. The Bertz CT molecular complexity index is 935. The van der Waals surface area contributed by atoms with E-state index in [1.54, 1.807) is 12.1 Å². The van der Waals surface area contributed by atoms with E-state index in [4.69, 9.17) is 5.73 Å². The van der Waals surface area contributed by atoms with Gasteiger partial charge in [-0.2, -0.15) is 0 Å².